The van der Waals surface area contributed by atoms with Crippen LogP contribution < -0.4 is 10.1 Å². The molecule has 2 rings (SSSR count). The molecule has 0 aromatic heterocycles. The van der Waals surface area contributed by atoms with E-state index in [0.29, 0.717) is 19.4 Å². The monoisotopic (exact) mass is 510 g/mol. The minimum Gasteiger partial charge on any atom is -0.494 e. The van der Waals surface area contributed by atoms with Crippen LogP contribution in [0.15, 0.2) is 53.5 Å². The molecule has 0 fully saturated rings. The highest BCUT2D eigenvalue weighted by Gasteiger charge is 2.20. The first kappa shape index (κ1) is 29.9. The van der Waals surface area contributed by atoms with E-state index in [1.165, 1.54) is 5.56 Å². The molecule has 0 aliphatic heterocycles. The van der Waals surface area contributed by atoms with Crippen molar-refractivity contribution >= 4 is 18.0 Å². The zero-order valence-electron chi connectivity index (χ0n) is 23.7. The first-order valence-corrected chi connectivity index (χ1v) is 12.7. The Hall–Kier alpha value is -3.35. The average Bonchev–Trinajstić information content (AvgIpc) is 2.73. The number of hydrogen-bond acceptors (Lipinski definition) is 5. The number of benzene rings is 2. The highest BCUT2D eigenvalue weighted by atomic mass is 16.6. The molecule has 7 nitrogen and oxygen atoms in total. The Labute approximate surface area is 221 Å². The highest BCUT2D eigenvalue weighted by molar-refractivity contribution is 6.00. The van der Waals surface area contributed by atoms with Crippen LogP contribution in [0.1, 0.15) is 80.7 Å². The number of hydrogen-bond donors (Lipinski definition) is 1. The summed E-state index contributed by atoms with van der Waals surface area (Å²) in [5, 5.41) is 2.57. The third-order valence-electron chi connectivity index (χ3n) is 5.01. The van der Waals surface area contributed by atoms with Crippen LogP contribution in [0, 0.1) is 0 Å². The Balaban J connectivity index is 2.01. The molecular formula is C30H42N2O5. The van der Waals surface area contributed by atoms with Gasteiger partial charge in [-0.3, -0.25) is 5.32 Å². The number of amidine groups is 1. The van der Waals surface area contributed by atoms with Crippen LogP contribution in [0.2, 0.25) is 0 Å². The number of carbonyl (C=O) groups is 2. The van der Waals surface area contributed by atoms with Crippen LogP contribution in [-0.2, 0) is 14.9 Å². The van der Waals surface area contributed by atoms with Gasteiger partial charge in [-0.25, -0.2) is 9.59 Å². The number of aliphatic imine (C=N–C) groups is 1. The summed E-state index contributed by atoms with van der Waals surface area (Å²) in [6.07, 6.45) is -0.639. The Morgan fingerprint density at radius 1 is 0.811 bits per heavy atom. The average molecular weight is 511 g/mol. The standard InChI is InChI=1S/C30H42N2O5/c1-28(2,3)23-17-15-21(16-18-23)22-12-10-13-24(20-22)35-19-11-14-25(31-26(33)36-29(4,5)6)32-27(34)37-30(7,8)9/h10,12-13,15-18,20H,11,14,19H2,1-9H3,(H,31,32,33,34). The zero-order chi connectivity index (χ0) is 27.9. The van der Waals surface area contributed by atoms with E-state index in [-0.39, 0.29) is 11.3 Å². The molecule has 7 heteroatoms. The third-order valence-corrected chi connectivity index (χ3v) is 5.01. The fourth-order valence-electron chi connectivity index (χ4n) is 3.32. The fourth-order valence-corrected chi connectivity index (χ4v) is 3.32. The molecule has 0 aliphatic rings. The van der Waals surface area contributed by atoms with E-state index in [9.17, 15) is 9.59 Å². The van der Waals surface area contributed by atoms with Crippen molar-refractivity contribution in [3.05, 3.63) is 54.1 Å². The summed E-state index contributed by atoms with van der Waals surface area (Å²) < 4.78 is 16.5. The molecule has 0 atom stereocenters. The second-order valence-corrected chi connectivity index (χ2v) is 12.0. The van der Waals surface area contributed by atoms with Crippen molar-refractivity contribution < 1.29 is 23.8 Å². The third kappa shape index (κ3) is 11.5. The first-order chi connectivity index (χ1) is 17.0. The molecule has 0 radical (unpaired) electrons. The summed E-state index contributed by atoms with van der Waals surface area (Å²) in [7, 11) is 0. The van der Waals surface area contributed by atoms with Gasteiger partial charge in [-0.1, -0.05) is 57.2 Å². The predicted molar refractivity (Wildman–Crippen MR) is 148 cm³/mol. The van der Waals surface area contributed by atoms with Crippen molar-refractivity contribution in [3.63, 3.8) is 0 Å². The fraction of sp³-hybridized carbons (Fsp3) is 0.500. The van der Waals surface area contributed by atoms with Crippen LogP contribution in [0.3, 0.4) is 0 Å². The molecule has 0 saturated carbocycles. The van der Waals surface area contributed by atoms with Crippen LogP contribution in [0.5, 0.6) is 5.75 Å². The van der Waals surface area contributed by atoms with E-state index in [1.807, 2.05) is 18.2 Å². The van der Waals surface area contributed by atoms with Gasteiger partial charge in [0.2, 0.25) is 0 Å². The van der Waals surface area contributed by atoms with E-state index in [1.54, 1.807) is 41.5 Å². The molecule has 0 heterocycles. The number of nitrogens with one attached hydrogen (secondary N) is 1. The van der Waals surface area contributed by atoms with E-state index in [0.717, 1.165) is 16.9 Å². The number of ether oxygens (including phenoxy) is 3. The van der Waals surface area contributed by atoms with Gasteiger partial charge in [-0.15, -0.1) is 0 Å². The van der Waals surface area contributed by atoms with Gasteiger partial charge in [0.05, 0.1) is 6.61 Å². The molecule has 0 unspecified atom stereocenters. The molecule has 0 saturated heterocycles. The van der Waals surface area contributed by atoms with Gasteiger partial charge in [0, 0.05) is 6.42 Å². The Morgan fingerprint density at radius 2 is 1.43 bits per heavy atom. The quantitative estimate of drug-likeness (QED) is 0.245. The Kier molecular flexibility index (Phi) is 9.90. The lowest BCUT2D eigenvalue weighted by molar-refractivity contribution is 0.0561. The molecule has 2 aromatic rings. The molecule has 0 spiro atoms. The maximum atomic E-state index is 12.2. The summed E-state index contributed by atoms with van der Waals surface area (Å²) >= 11 is 0. The lowest BCUT2D eigenvalue weighted by Crippen LogP contribution is -2.37. The topological polar surface area (TPSA) is 86.2 Å². The van der Waals surface area contributed by atoms with Gasteiger partial charge in [0.25, 0.3) is 0 Å². The van der Waals surface area contributed by atoms with Gasteiger partial charge in [-0.05, 0) is 82.2 Å². The summed E-state index contributed by atoms with van der Waals surface area (Å²) in [5.41, 5.74) is 2.20. The summed E-state index contributed by atoms with van der Waals surface area (Å²) in [4.78, 5) is 28.4. The maximum Gasteiger partial charge on any atom is 0.435 e. The molecule has 1 N–H and O–H groups in total. The van der Waals surface area contributed by atoms with Crippen molar-refractivity contribution in [1.29, 1.82) is 0 Å². The lowest BCUT2D eigenvalue weighted by Gasteiger charge is -2.20. The van der Waals surface area contributed by atoms with Gasteiger partial charge in [-0.2, -0.15) is 4.99 Å². The van der Waals surface area contributed by atoms with E-state index < -0.39 is 23.4 Å². The zero-order valence-corrected chi connectivity index (χ0v) is 23.7. The van der Waals surface area contributed by atoms with Gasteiger partial charge in [0.1, 0.15) is 22.8 Å². The van der Waals surface area contributed by atoms with Crippen LogP contribution >= 0.6 is 0 Å². The maximum absolute atomic E-state index is 12.2. The normalized spacial score (nSPS) is 12.6. The predicted octanol–water partition coefficient (Wildman–Crippen LogP) is 7.67. The molecule has 37 heavy (non-hydrogen) atoms. The van der Waals surface area contributed by atoms with Crippen LogP contribution in [-0.4, -0.2) is 35.8 Å². The molecule has 202 valence electrons. The van der Waals surface area contributed by atoms with Crippen molar-refractivity contribution in [2.45, 2.75) is 91.8 Å². The smallest absolute Gasteiger partial charge is 0.435 e. The Bertz CT molecular complexity index is 1080. The summed E-state index contributed by atoms with van der Waals surface area (Å²) in [6.45, 7) is 17.5. The van der Waals surface area contributed by atoms with Crippen LogP contribution in [0.4, 0.5) is 9.59 Å². The lowest BCUT2D eigenvalue weighted by atomic mass is 9.86. The molecule has 2 amide bonds. The van der Waals surface area contributed by atoms with Crippen molar-refractivity contribution in [1.82, 2.24) is 5.32 Å². The summed E-state index contributed by atoms with van der Waals surface area (Å²) in [6, 6.07) is 16.5. The van der Waals surface area contributed by atoms with E-state index >= 15 is 0 Å². The van der Waals surface area contributed by atoms with Crippen LogP contribution in [0.25, 0.3) is 11.1 Å². The first-order valence-electron chi connectivity index (χ1n) is 12.7. The number of nitrogens with zero attached hydrogens (tertiary/aromatic N) is 1. The van der Waals surface area contributed by atoms with Crippen molar-refractivity contribution in [3.8, 4) is 16.9 Å². The summed E-state index contributed by atoms with van der Waals surface area (Å²) in [5.74, 6) is 0.905. The number of alkyl carbamates (subject to hydrolysis) is 1. The number of rotatable bonds is 6. The van der Waals surface area contributed by atoms with Crippen molar-refractivity contribution in [2.75, 3.05) is 6.61 Å². The Morgan fingerprint density at radius 3 is 2.00 bits per heavy atom. The van der Waals surface area contributed by atoms with E-state index in [2.05, 4.69) is 61.4 Å². The molecule has 2 aromatic carbocycles. The van der Waals surface area contributed by atoms with E-state index in [4.69, 9.17) is 14.2 Å². The van der Waals surface area contributed by atoms with Gasteiger partial charge < -0.3 is 14.2 Å². The number of amides is 2. The molecular weight excluding hydrogens is 468 g/mol. The van der Waals surface area contributed by atoms with Crippen molar-refractivity contribution in [2.24, 2.45) is 4.99 Å². The highest BCUT2D eigenvalue weighted by Crippen LogP contribution is 2.28. The minimum absolute atomic E-state index is 0.105. The van der Waals surface area contributed by atoms with Gasteiger partial charge >= 0.3 is 12.2 Å². The van der Waals surface area contributed by atoms with Gasteiger partial charge in [0.15, 0.2) is 0 Å². The SMILES string of the molecule is CC(C)(C)OC(=O)N=C(CCCOc1cccc(-c2ccc(C(C)(C)C)cc2)c1)NC(=O)OC(C)(C)C. The molecule has 0 bridgehead atoms. The minimum atomic E-state index is -0.773. The largest absolute Gasteiger partial charge is 0.494 e. The second kappa shape index (κ2) is 12.3. The number of carbonyl (C=O) groups excluding carboxylic acids is 2. The second-order valence-electron chi connectivity index (χ2n) is 12.0. The molecule has 0 aliphatic carbocycles.